The Morgan fingerprint density at radius 1 is 0.920 bits per heavy atom. The van der Waals surface area contributed by atoms with E-state index in [4.69, 9.17) is 0 Å². The zero-order valence-electron chi connectivity index (χ0n) is 14.5. The van der Waals surface area contributed by atoms with Crippen molar-refractivity contribution in [3.8, 4) is 0 Å². The SMILES string of the molecule is CNCCCC(=O)Nc1cccc(NC(=O)c2ccccc2)c1C.Cl. The molecule has 0 spiro atoms. The predicted molar refractivity (Wildman–Crippen MR) is 105 cm³/mol. The van der Waals surface area contributed by atoms with Crippen molar-refractivity contribution in [3.63, 3.8) is 0 Å². The minimum Gasteiger partial charge on any atom is -0.326 e. The predicted octanol–water partition coefficient (Wildman–Crippen LogP) is 3.61. The van der Waals surface area contributed by atoms with Crippen molar-refractivity contribution in [3.05, 3.63) is 59.7 Å². The van der Waals surface area contributed by atoms with E-state index in [0.29, 0.717) is 17.7 Å². The Hall–Kier alpha value is -2.37. The van der Waals surface area contributed by atoms with Gasteiger partial charge in [-0.3, -0.25) is 9.59 Å². The van der Waals surface area contributed by atoms with Crippen molar-refractivity contribution < 1.29 is 9.59 Å². The van der Waals surface area contributed by atoms with Crippen LogP contribution >= 0.6 is 12.4 Å². The summed E-state index contributed by atoms with van der Waals surface area (Å²) in [5, 5.41) is 8.81. The van der Waals surface area contributed by atoms with E-state index in [9.17, 15) is 9.59 Å². The fraction of sp³-hybridized carbons (Fsp3) is 0.263. The molecule has 0 aliphatic carbocycles. The summed E-state index contributed by atoms with van der Waals surface area (Å²) in [4.78, 5) is 24.2. The number of rotatable bonds is 7. The molecule has 0 unspecified atom stereocenters. The lowest BCUT2D eigenvalue weighted by Crippen LogP contribution is -2.17. The normalized spacial score (nSPS) is 9.84. The molecule has 0 saturated carbocycles. The average Bonchev–Trinajstić information content (AvgIpc) is 2.59. The quantitative estimate of drug-likeness (QED) is 0.660. The minimum atomic E-state index is -0.170. The van der Waals surface area contributed by atoms with Gasteiger partial charge in [0.25, 0.3) is 5.91 Å². The van der Waals surface area contributed by atoms with Gasteiger partial charge in [0.05, 0.1) is 0 Å². The van der Waals surface area contributed by atoms with E-state index in [1.165, 1.54) is 0 Å². The zero-order valence-corrected chi connectivity index (χ0v) is 15.3. The van der Waals surface area contributed by atoms with Crippen molar-refractivity contribution >= 4 is 35.6 Å². The highest BCUT2D eigenvalue weighted by Crippen LogP contribution is 2.24. The third-order valence-corrected chi connectivity index (χ3v) is 3.72. The number of halogens is 1. The third kappa shape index (κ3) is 6.21. The number of hydrogen-bond acceptors (Lipinski definition) is 3. The first kappa shape index (κ1) is 20.7. The molecule has 2 rings (SSSR count). The Balaban J connectivity index is 0.00000312. The van der Waals surface area contributed by atoms with Gasteiger partial charge < -0.3 is 16.0 Å². The highest BCUT2D eigenvalue weighted by atomic mass is 35.5. The number of benzene rings is 2. The molecule has 3 N–H and O–H groups in total. The molecular weight excluding hydrogens is 338 g/mol. The summed E-state index contributed by atoms with van der Waals surface area (Å²) in [5.41, 5.74) is 2.84. The van der Waals surface area contributed by atoms with Gasteiger partial charge >= 0.3 is 0 Å². The standard InChI is InChI=1S/C19H23N3O2.ClH/c1-14-16(21-18(23)12-7-13-20-2)10-6-11-17(14)22-19(24)15-8-4-3-5-9-15;/h3-6,8-11,20H,7,12-13H2,1-2H3,(H,21,23)(H,22,24);1H. The first-order chi connectivity index (χ1) is 11.6. The lowest BCUT2D eigenvalue weighted by molar-refractivity contribution is -0.116. The number of hydrogen-bond donors (Lipinski definition) is 3. The van der Waals surface area contributed by atoms with Crippen LogP contribution in [-0.2, 0) is 4.79 Å². The van der Waals surface area contributed by atoms with Crippen molar-refractivity contribution in [1.82, 2.24) is 5.32 Å². The fourth-order valence-electron chi connectivity index (χ4n) is 2.33. The van der Waals surface area contributed by atoms with Crippen LogP contribution in [0.5, 0.6) is 0 Å². The van der Waals surface area contributed by atoms with Crippen LogP contribution in [-0.4, -0.2) is 25.4 Å². The van der Waals surface area contributed by atoms with Gasteiger partial charge in [-0.15, -0.1) is 12.4 Å². The summed E-state index contributed by atoms with van der Waals surface area (Å²) in [5.74, 6) is -0.198. The van der Waals surface area contributed by atoms with Gasteiger partial charge in [0.15, 0.2) is 0 Å². The van der Waals surface area contributed by atoms with Crippen LogP contribution in [0.2, 0.25) is 0 Å². The maximum Gasteiger partial charge on any atom is 0.255 e. The van der Waals surface area contributed by atoms with Gasteiger partial charge in [-0.1, -0.05) is 24.3 Å². The molecule has 0 fully saturated rings. The Kier molecular flexibility index (Phi) is 8.67. The Labute approximate surface area is 154 Å². The molecule has 2 aromatic carbocycles. The van der Waals surface area contributed by atoms with E-state index in [2.05, 4.69) is 16.0 Å². The smallest absolute Gasteiger partial charge is 0.255 e. The Morgan fingerprint density at radius 2 is 1.56 bits per heavy atom. The second kappa shape index (κ2) is 10.5. The third-order valence-electron chi connectivity index (χ3n) is 3.72. The molecule has 25 heavy (non-hydrogen) atoms. The second-order valence-corrected chi connectivity index (χ2v) is 5.55. The van der Waals surface area contributed by atoms with Crippen LogP contribution in [0.1, 0.15) is 28.8 Å². The second-order valence-electron chi connectivity index (χ2n) is 5.55. The first-order valence-corrected chi connectivity index (χ1v) is 8.02. The van der Waals surface area contributed by atoms with E-state index >= 15 is 0 Å². The molecule has 0 radical (unpaired) electrons. The number of carbonyl (C=O) groups is 2. The number of carbonyl (C=O) groups excluding carboxylic acids is 2. The molecule has 0 atom stereocenters. The van der Waals surface area contributed by atoms with Crippen LogP contribution in [0, 0.1) is 6.92 Å². The molecule has 2 aromatic rings. The van der Waals surface area contributed by atoms with Crippen molar-refractivity contribution in [2.24, 2.45) is 0 Å². The van der Waals surface area contributed by atoms with Gasteiger partial charge in [-0.05, 0) is 56.8 Å². The highest BCUT2D eigenvalue weighted by molar-refractivity contribution is 6.05. The molecule has 0 aromatic heterocycles. The summed E-state index contributed by atoms with van der Waals surface area (Å²) >= 11 is 0. The largest absolute Gasteiger partial charge is 0.326 e. The van der Waals surface area contributed by atoms with E-state index in [1.54, 1.807) is 12.1 Å². The first-order valence-electron chi connectivity index (χ1n) is 8.02. The zero-order chi connectivity index (χ0) is 17.4. The van der Waals surface area contributed by atoms with Crippen LogP contribution < -0.4 is 16.0 Å². The molecule has 0 aliphatic rings. The summed E-state index contributed by atoms with van der Waals surface area (Å²) in [7, 11) is 1.86. The lowest BCUT2D eigenvalue weighted by Gasteiger charge is -2.13. The molecule has 0 bridgehead atoms. The van der Waals surface area contributed by atoms with Gasteiger partial charge in [0.2, 0.25) is 5.91 Å². The van der Waals surface area contributed by atoms with Crippen LogP contribution in [0.25, 0.3) is 0 Å². The van der Waals surface area contributed by atoms with Gasteiger partial charge in [0, 0.05) is 23.4 Å². The topological polar surface area (TPSA) is 70.2 Å². The Bertz CT molecular complexity index is 705. The Morgan fingerprint density at radius 3 is 2.20 bits per heavy atom. The molecule has 5 nitrogen and oxygen atoms in total. The van der Waals surface area contributed by atoms with Gasteiger partial charge in [-0.2, -0.15) is 0 Å². The highest BCUT2D eigenvalue weighted by Gasteiger charge is 2.11. The fourth-order valence-corrected chi connectivity index (χ4v) is 2.33. The summed E-state index contributed by atoms with van der Waals surface area (Å²) in [6.45, 7) is 2.68. The van der Waals surface area contributed by atoms with Gasteiger partial charge in [0.1, 0.15) is 0 Å². The maximum atomic E-state index is 12.3. The van der Waals surface area contributed by atoms with Crippen LogP contribution in [0.4, 0.5) is 11.4 Å². The minimum absolute atomic E-state index is 0. The number of amides is 2. The van der Waals surface area contributed by atoms with Crippen molar-refractivity contribution in [2.45, 2.75) is 19.8 Å². The molecule has 0 heterocycles. The van der Waals surface area contributed by atoms with Gasteiger partial charge in [-0.25, -0.2) is 0 Å². The van der Waals surface area contributed by atoms with Crippen molar-refractivity contribution in [2.75, 3.05) is 24.2 Å². The van der Waals surface area contributed by atoms with Crippen molar-refractivity contribution in [1.29, 1.82) is 0 Å². The molecule has 2 amide bonds. The van der Waals surface area contributed by atoms with E-state index in [1.807, 2.05) is 50.4 Å². The molecule has 0 saturated heterocycles. The summed E-state index contributed by atoms with van der Waals surface area (Å²) < 4.78 is 0. The monoisotopic (exact) mass is 361 g/mol. The maximum absolute atomic E-state index is 12.3. The summed E-state index contributed by atoms with van der Waals surface area (Å²) in [6.07, 6.45) is 1.24. The molecular formula is C19H24ClN3O2. The van der Waals surface area contributed by atoms with Crippen LogP contribution in [0.3, 0.4) is 0 Å². The number of anilines is 2. The average molecular weight is 362 g/mol. The van der Waals surface area contributed by atoms with E-state index in [0.717, 1.165) is 24.2 Å². The molecule has 6 heteroatoms. The van der Waals surface area contributed by atoms with Crippen LogP contribution in [0.15, 0.2) is 48.5 Å². The molecule has 0 aliphatic heterocycles. The lowest BCUT2D eigenvalue weighted by atomic mass is 10.1. The van der Waals surface area contributed by atoms with E-state index in [-0.39, 0.29) is 24.2 Å². The number of nitrogens with one attached hydrogen (secondary N) is 3. The summed E-state index contributed by atoms with van der Waals surface area (Å²) in [6, 6.07) is 14.5. The molecule has 134 valence electrons. The van der Waals surface area contributed by atoms with E-state index < -0.39 is 0 Å².